The van der Waals surface area contributed by atoms with Crippen LogP contribution in [0.3, 0.4) is 0 Å². The van der Waals surface area contributed by atoms with Crippen molar-refractivity contribution in [3.63, 3.8) is 0 Å². The zero-order valence-electron chi connectivity index (χ0n) is 11.1. The molecule has 1 aliphatic rings. The van der Waals surface area contributed by atoms with E-state index in [1.807, 2.05) is 6.20 Å². The molecule has 0 spiro atoms. The predicted octanol–water partition coefficient (Wildman–Crippen LogP) is 2.43. The highest BCUT2D eigenvalue weighted by Gasteiger charge is 2.18. The van der Waals surface area contributed by atoms with Gasteiger partial charge in [-0.1, -0.05) is 24.3 Å². The Kier molecular flexibility index (Phi) is 3.92. The van der Waals surface area contributed by atoms with Crippen molar-refractivity contribution in [2.24, 2.45) is 0 Å². The SMILES string of the molecule is Cc1ncc(CNCC2CNCc3ccccc32)s1. The Bertz CT molecular complexity index is 550. The largest absolute Gasteiger partial charge is 0.312 e. The third kappa shape index (κ3) is 3.03. The van der Waals surface area contributed by atoms with E-state index < -0.39 is 0 Å². The van der Waals surface area contributed by atoms with Crippen molar-refractivity contribution in [1.82, 2.24) is 15.6 Å². The quantitative estimate of drug-likeness (QED) is 0.898. The van der Waals surface area contributed by atoms with Crippen molar-refractivity contribution in [1.29, 1.82) is 0 Å². The van der Waals surface area contributed by atoms with E-state index in [9.17, 15) is 0 Å². The average molecular weight is 273 g/mol. The fraction of sp³-hybridized carbons (Fsp3) is 0.400. The Morgan fingerprint density at radius 3 is 3.16 bits per heavy atom. The number of hydrogen-bond donors (Lipinski definition) is 2. The molecule has 1 unspecified atom stereocenters. The molecule has 3 nitrogen and oxygen atoms in total. The molecule has 0 amide bonds. The van der Waals surface area contributed by atoms with Gasteiger partial charge in [-0.15, -0.1) is 11.3 Å². The summed E-state index contributed by atoms with van der Waals surface area (Å²) in [5.41, 5.74) is 2.93. The molecule has 0 saturated heterocycles. The lowest BCUT2D eigenvalue weighted by Crippen LogP contribution is -2.34. The topological polar surface area (TPSA) is 37.0 Å². The molecule has 2 N–H and O–H groups in total. The third-order valence-electron chi connectivity index (χ3n) is 3.56. The van der Waals surface area contributed by atoms with Crippen LogP contribution in [-0.4, -0.2) is 18.1 Å². The Balaban J connectivity index is 1.59. The number of benzene rings is 1. The second-order valence-corrected chi connectivity index (χ2v) is 6.32. The van der Waals surface area contributed by atoms with E-state index in [1.54, 1.807) is 11.3 Å². The maximum atomic E-state index is 4.28. The molecule has 3 rings (SSSR count). The highest BCUT2D eigenvalue weighted by atomic mass is 32.1. The zero-order valence-corrected chi connectivity index (χ0v) is 12.0. The van der Waals surface area contributed by atoms with E-state index >= 15 is 0 Å². The first-order valence-corrected chi connectivity index (χ1v) is 7.55. The maximum Gasteiger partial charge on any atom is 0.0897 e. The number of aryl methyl sites for hydroxylation is 1. The smallest absolute Gasteiger partial charge is 0.0897 e. The number of thiazole rings is 1. The highest BCUT2D eigenvalue weighted by Crippen LogP contribution is 2.23. The second-order valence-electron chi connectivity index (χ2n) is 5.00. The van der Waals surface area contributed by atoms with Gasteiger partial charge in [-0.25, -0.2) is 4.98 Å². The molecule has 2 aromatic rings. The van der Waals surface area contributed by atoms with E-state index in [2.05, 4.69) is 46.8 Å². The number of fused-ring (bicyclic) bond motifs is 1. The van der Waals surface area contributed by atoms with E-state index in [1.165, 1.54) is 16.0 Å². The number of rotatable bonds is 4. The molecule has 0 radical (unpaired) electrons. The van der Waals surface area contributed by atoms with Crippen LogP contribution in [0.4, 0.5) is 0 Å². The van der Waals surface area contributed by atoms with Crippen LogP contribution in [-0.2, 0) is 13.1 Å². The maximum absolute atomic E-state index is 4.28. The number of aromatic nitrogens is 1. The first-order valence-electron chi connectivity index (χ1n) is 6.73. The van der Waals surface area contributed by atoms with Gasteiger partial charge in [0, 0.05) is 43.2 Å². The molecule has 1 aromatic carbocycles. The van der Waals surface area contributed by atoms with Gasteiger partial charge in [0.15, 0.2) is 0 Å². The van der Waals surface area contributed by atoms with E-state index in [0.717, 1.165) is 31.2 Å². The van der Waals surface area contributed by atoms with Gasteiger partial charge in [-0.3, -0.25) is 0 Å². The molecule has 0 aliphatic carbocycles. The minimum Gasteiger partial charge on any atom is -0.312 e. The first-order chi connectivity index (χ1) is 9.33. The minimum atomic E-state index is 0.568. The molecular weight excluding hydrogens is 254 g/mol. The molecule has 0 saturated carbocycles. The summed E-state index contributed by atoms with van der Waals surface area (Å²) in [5, 5.41) is 8.19. The van der Waals surface area contributed by atoms with Gasteiger partial charge in [-0.05, 0) is 18.1 Å². The van der Waals surface area contributed by atoms with Crippen molar-refractivity contribution < 1.29 is 0 Å². The molecule has 2 heterocycles. The molecule has 0 fully saturated rings. The first kappa shape index (κ1) is 12.8. The summed E-state index contributed by atoms with van der Waals surface area (Å²) in [7, 11) is 0. The van der Waals surface area contributed by atoms with Crippen LogP contribution in [0.2, 0.25) is 0 Å². The molecular formula is C15H19N3S. The van der Waals surface area contributed by atoms with E-state index in [4.69, 9.17) is 0 Å². The standard InChI is InChI=1S/C15H19N3S/c1-11-18-10-14(19-11)9-17-8-13-7-16-6-12-4-2-3-5-15(12)13/h2-5,10,13,16-17H,6-9H2,1H3. The summed E-state index contributed by atoms with van der Waals surface area (Å²) in [6, 6.07) is 8.75. The molecule has 100 valence electrons. The van der Waals surface area contributed by atoms with Gasteiger partial charge in [0.25, 0.3) is 0 Å². The lowest BCUT2D eigenvalue weighted by atomic mass is 9.91. The molecule has 1 aliphatic heterocycles. The Hall–Kier alpha value is -1.23. The van der Waals surface area contributed by atoms with Crippen molar-refractivity contribution >= 4 is 11.3 Å². The molecule has 1 atom stereocenters. The second kappa shape index (κ2) is 5.82. The van der Waals surface area contributed by atoms with Gasteiger partial charge >= 0.3 is 0 Å². The van der Waals surface area contributed by atoms with Crippen molar-refractivity contribution in [2.75, 3.05) is 13.1 Å². The summed E-state index contributed by atoms with van der Waals surface area (Å²) < 4.78 is 0. The van der Waals surface area contributed by atoms with Crippen LogP contribution in [0.25, 0.3) is 0 Å². The van der Waals surface area contributed by atoms with E-state index in [0.29, 0.717) is 5.92 Å². The molecule has 0 bridgehead atoms. The van der Waals surface area contributed by atoms with Crippen molar-refractivity contribution in [2.45, 2.75) is 25.9 Å². The van der Waals surface area contributed by atoms with Gasteiger partial charge in [0.05, 0.1) is 5.01 Å². The summed E-state index contributed by atoms with van der Waals surface area (Å²) in [4.78, 5) is 5.60. The van der Waals surface area contributed by atoms with Gasteiger partial charge in [-0.2, -0.15) is 0 Å². The van der Waals surface area contributed by atoms with Gasteiger partial charge < -0.3 is 10.6 Å². The number of nitrogens with zero attached hydrogens (tertiary/aromatic N) is 1. The summed E-state index contributed by atoms with van der Waals surface area (Å²) in [6.45, 7) is 6.05. The Labute approximate surface area is 118 Å². The van der Waals surface area contributed by atoms with Crippen molar-refractivity contribution in [3.05, 3.63) is 51.5 Å². The van der Waals surface area contributed by atoms with Crippen LogP contribution in [0, 0.1) is 6.92 Å². The van der Waals surface area contributed by atoms with Gasteiger partial charge in [0.2, 0.25) is 0 Å². The van der Waals surface area contributed by atoms with Crippen LogP contribution < -0.4 is 10.6 Å². The summed E-state index contributed by atoms with van der Waals surface area (Å²) in [5.74, 6) is 0.568. The number of hydrogen-bond acceptors (Lipinski definition) is 4. The molecule has 4 heteroatoms. The molecule has 1 aromatic heterocycles. The number of nitrogens with one attached hydrogen (secondary N) is 2. The van der Waals surface area contributed by atoms with Gasteiger partial charge in [0.1, 0.15) is 0 Å². The Morgan fingerprint density at radius 2 is 2.32 bits per heavy atom. The lowest BCUT2D eigenvalue weighted by Gasteiger charge is -2.26. The highest BCUT2D eigenvalue weighted by molar-refractivity contribution is 7.11. The zero-order chi connectivity index (χ0) is 13.1. The lowest BCUT2D eigenvalue weighted by molar-refractivity contribution is 0.504. The van der Waals surface area contributed by atoms with Crippen molar-refractivity contribution in [3.8, 4) is 0 Å². The normalized spacial score (nSPS) is 18.3. The van der Waals surface area contributed by atoms with E-state index in [-0.39, 0.29) is 0 Å². The average Bonchev–Trinajstić information content (AvgIpc) is 2.85. The van der Waals surface area contributed by atoms with Crippen LogP contribution in [0.1, 0.15) is 26.9 Å². The minimum absolute atomic E-state index is 0.568. The Morgan fingerprint density at radius 1 is 1.42 bits per heavy atom. The van der Waals surface area contributed by atoms with Crippen LogP contribution in [0.5, 0.6) is 0 Å². The third-order valence-corrected chi connectivity index (χ3v) is 4.47. The summed E-state index contributed by atoms with van der Waals surface area (Å²) in [6.07, 6.45) is 1.97. The van der Waals surface area contributed by atoms with Crippen LogP contribution >= 0.6 is 11.3 Å². The fourth-order valence-electron chi connectivity index (χ4n) is 2.62. The summed E-state index contributed by atoms with van der Waals surface area (Å²) >= 11 is 1.77. The molecule has 19 heavy (non-hydrogen) atoms. The fourth-order valence-corrected chi connectivity index (χ4v) is 3.39. The predicted molar refractivity (Wildman–Crippen MR) is 79.4 cm³/mol. The monoisotopic (exact) mass is 273 g/mol. The van der Waals surface area contributed by atoms with Crippen LogP contribution in [0.15, 0.2) is 30.5 Å².